The first-order valence-corrected chi connectivity index (χ1v) is 5.16. The van der Waals surface area contributed by atoms with Crippen molar-refractivity contribution >= 4 is 22.6 Å². The molecule has 0 radical (unpaired) electrons. The lowest BCUT2D eigenvalue weighted by Gasteiger charge is -2.13. The lowest BCUT2D eigenvalue weighted by molar-refractivity contribution is -0.276. The quantitative estimate of drug-likeness (QED) is 0.658. The lowest BCUT2D eigenvalue weighted by Crippen LogP contribution is -2.20. The van der Waals surface area contributed by atoms with Crippen molar-refractivity contribution in [3.63, 3.8) is 0 Å². The Morgan fingerprint density at radius 1 is 1.41 bits per heavy atom. The number of halogens is 6. The van der Waals surface area contributed by atoms with Crippen molar-refractivity contribution in [3.8, 4) is 5.88 Å². The Bertz CT molecular complexity index is 410. The van der Waals surface area contributed by atoms with E-state index in [9.17, 15) is 22.0 Å². The number of ether oxygens (including phenoxy) is 1. The minimum absolute atomic E-state index is 0.0452. The van der Waals surface area contributed by atoms with Crippen molar-refractivity contribution in [2.45, 2.75) is 19.4 Å². The molecule has 1 aromatic rings. The Kier molecular flexibility index (Phi) is 4.47. The van der Waals surface area contributed by atoms with Crippen LogP contribution in [0.3, 0.4) is 0 Å². The van der Waals surface area contributed by atoms with Gasteiger partial charge in [-0.25, -0.2) is 13.8 Å². The SMILES string of the molecule is OCc1cc(I)c(C(F)F)nc1OC(F)(F)F. The van der Waals surface area contributed by atoms with Crippen LogP contribution in [0.2, 0.25) is 0 Å². The molecule has 0 fully saturated rings. The van der Waals surface area contributed by atoms with Gasteiger partial charge in [0, 0.05) is 9.13 Å². The zero-order valence-corrected chi connectivity index (χ0v) is 10.1. The Morgan fingerprint density at radius 2 is 2.00 bits per heavy atom. The fourth-order valence-corrected chi connectivity index (χ4v) is 1.72. The molecule has 0 atom stereocenters. The Balaban J connectivity index is 3.22. The summed E-state index contributed by atoms with van der Waals surface area (Å²) in [6, 6.07) is 0.968. The zero-order chi connectivity index (χ0) is 13.2. The fourth-order valence-electron chi connectivity index (χ4n) is 0.988. The van der Waals surface area contributed by atoms with Crippen molar-refractivity contribution in [2.24, 2.45) is 0 Å². The second-order valence-corrected chi connectivity index (χ2v) is 3.99. The molecular formula is C8H5F5INO2. The van der Waals surface area contributed by atoms with Crippen LogP contribution in [0.5, 0.6) is 5.88 Å². The first-order chi connectivity index (χ1) is 7.74. The maximum Gasteiger partial charge on any atom is 0.574 e. The van der Waals surface area contributed by atoms with Crippen LogP contribution in [0, 0.1) is 3.57 Å². The van der Waals surface area contributed by atoms with Crippen LogP contribution in [0.15, 0.2) is 6.07 Å². The number of aliphatic hydroxyl groups excluding tert-OH is 1. The third-order valence-electron chi connectivity index (χ3n) is 1.63. The number of alkyl halides is 5. The summed E-state index contributed by atoms with van der Waals surface area (Å²) in [4.78, 5) is 3.07. The number of pyridine rings is 1. The molecule has 17 heavy (non-hydrogen) atoms. The van der Waals surface area contributed by atoms with Crippen LogP contribution < -0.4 is 4.74 Å². The summed E-state index contributed by atoms with van der Waals surface area (Å²) in [5.41, 5.74) is -1.13. The molecule has 1 N–H and O–H groups in total. The molecule has 0 aliphatic heterocycles. The van der Waals surface area contributed by atoms with Gasteiger partial charge in [0.05, 0.1) is 6.61 Å². The normalized spacial score (nSPS) is 12.0. The minimum atomic E-state index is -5.05. The first kappa shape index (κ1) is 14.4. The third kappa shape index (κ3) is 3.91. The maximum absolute atomic E-state index is 12.4. The van der Waals surface area contributed by atoms with Gasteiger partial charge in [-0.15, -0.1) is 13.2 Å². The smallest absolute Gasteiger partial charge is 0.391 e. The van der Waals surface area contributed by atoms with Crippen LogP contribution in [0.4, 0.5) is 22.0 Å². The van der Waals surface area contributed by atoms with Gasteiger partial charge in [-0.3, -0.25) is 0 Å². The molecule has 0 saturated carbocycles. The molecule has 96 valence electrons. The number of aromatic nitrogens is 1. The Morgan fingerprint density at radius 3 is 2.41 bits per heavy atom. The van der Waals surface area contributed by atoms with Crippen LogP contribution in [-0.4, -0.2) is 16.5 Å². The Labute approximate surface area is 106 Å². The van der Waals surface area contributed by atoms with Crippen molar-refractivity contribution in [1.82, 2.24) is 4.98 Å². The topological polar surface area (TPSA) is 42.4 Å². The molecule has 0 aliphatic rings. The summed E-state index contributed by atoms with van der Waals surface area (Å²) >= 11 is 1.49. The van der Waals surface area contributed by atoms with E-state index in [1.165, 1.54) is 22.6 Å². The molecule has 1 heterocycles. The summed E-state index contributed by atoms with van der Waals surface area (Å²) in [5, 5.41) is 8.79. The van der Waals surface area contributed by atoms with E-state index in [1.54, 1.807) is 0 Å². The van der Waals surface area contributed by atoms with Crippen LogP contribution in [-0.2, 0) is 6.61 Å². The predicted molar refractivity (Wildman–Crippen MR) is 54.5 cm³/mol. The molecule has 3 nitrogen and oxygen atoms in total. The van der Waals surface area contributed by atoms with Gasteiger partial charge < -0.3 is 9.84 Å². The second kappa shape index (κ2) is 5.29. The number of aliphatic hydroxyl groups is 1. The van der Waals surface area contributed by atoms with Gasteiger partial charge in [0.1, 0.15) is 5.69 Å². The largest absolute Gasteiger partial charge is 0.574 e. The Hall–Kier alpha value is -0.710. The van der Waals surface area contributed by atoms with Crippen LogP contribution in [0.1, 0.15) is 17.7 Å². The van der Waals surface area contributed by atoms with E-state index in [0.29, 0.717) is 0 Å². The molecule has 0 spiro atoms. The summed E-state index contributed by atoms with van der Waals surface area (Å²) < 4.78 is 64.1. The van der Waals surface area contributed by atoms with E-state index in [2.05, 4.69) is 9.72 Å². The average Bonchev–Trinajstić information content (AvgIpc) is 2.17. The fraction of sp³-hybridized carbons (Fsp3) is 0.375. The molecule has 1 rings (SSSR count). The van der Waals surface area contributed by atoms with E-state index < -0.39 is 31.0 Å². The van der Waals surface area contributed by atoms with Gasteiger partial charge in [-0.2, -0.15) is 0 Å². The molecule has 0 amide bonds. The van der Waals surface area contributed by atoms with E-state index in [-0.39, 0.29) is 9.13 Å². The summed E-state index contributed by atoms with van der Waals surface area (Å²) in [6.07, 6.45) is -8.08. The number of nitrogens with zero attached hydrogens (tertiary/aromatic N) is 1. The molecule has 0 unspecified atom stereocenters. The summed E-state index contributed by atoms with van der Waals surface area (Å²) in [5.74, 6) is -1.06. The van der Waals surface area contributed by atoms with Gasteiger partial charge >= 0.3 is 6.36 Å². The highest BCUT2D eigenvalue weighted by atomic mass is 127. The zero-order valence-electron chi connectivity index (χ0n) is 7.93. The standard InChI is InChI=1S/C8H5F5INO2/c9-6(10)5-4(14)1-3(2-16)7(15-5)17-8(11,12)13/h1,6,16H,2H2. The van der Waals surface area contributed by atoms with Crippen molar-refractivity contribution < 1.29 is 31.8 Å². The van der Waals surface area contributed by atoms with Gasteiger partial charge in [-0.05, 0) is 28.7 Å². The third-order valence-corrected chi connectivity index (χ3v) is 2.50. The van der Waals surface area contributed by atoms with Crippen molar-refractivity contribution in [1.29, 1.82) is 0 Å². The molecule has 0 bridgehead atoms. The molecule has 0 saturated heterocycles. The molecule has 0 aromatic carbocycles. The van der Waals surface area contributed by atoms with Gasteiger partial charge in [0.25, 0.3) is 6.43 Å². The number of rotatable bonds is 3. The lowest BCUT2D eigenvalue weighted by atomic mass is 10.2. The van der Waals surface area contributed by atoms with Gasteiger partial charge in [0.2, 0.25) is 5.88 Å². The predicted octanol–water partition coefficient (Wildman–Crippen LogP) is 3.01. The average molecular weight is 369 g/mol. The van der Waals surface area contributed by atoms with Gasteiger partial charge in [0.15, 0.2) is 0 Å². The number of hydrogen-bond acceptors (Lipinski definition) is 3. The van der Waals surface area contributed by atoms with Crippen molar-refractivity contribution in [2.75, 3.05) is 0 Å². The van der Waals surface area contributed by atoms with E-state index in [4.69, 9.17) is 5.11 Å². The minimum Gasteiger partial charge on any atom is -0.391 e. The van der Waals surface area contributed by atoms with Gasteiger partial charge in [-0.1, -0.05) is 0 Å². The second-order valence-electron chi connectivity index (χ2n) is 2.83. The highest BCUT2D eigenvalue weighted by Gasteiger charge is 2.33. The molecule has 1 aromatic heterocycles. The molecule has 0 aliphatic carbocycles. The number of hydrogen-bond donors (Lipinski definition) is 1. The van der Waals surface area contributed by atoms with E-state index in [1.807, 2.05) is 0 Å². The highest BCUT2D eigenvalue weighted by molar-refractivity contribution is 14.1. The van der Waals surface area contributed by atoms with Crippen LogP contribution >= 0.6 is 22.6 Å². The summed E-state index contributed by atoms with van der Waals surface area (Å²) in [6.45, 7) is -0.794. The summed E-state index contributed by atoms with van der Waals surface area (Å²) in [7, 11) is 0. The van der Waals surface area contributed by atoms with Crippen LogP contribution in [0.25, 0.3) is 0 Å². The monoisotopic (exact) mass is 369 g/mol. The molecule has 9 heteroatoms. The molecular weight excluding hydrogens is 364 g/mol. The maximum atomic E-state index is 12.4. The first-order valence-electron chi connectivity index (χ1n) is 4.08. The van der Waals surface area contributed by atoms with Crippen molar-refractivity contribution in [3.05, 3.63) is 20.9 Å². The van der Waals surface area contributed by atoms with E-state index in [0.717, 1.165) is 6.07 Å². The van der Waals surface area contributed by atoms with E-state index >= 15 is 0 Å². The highest BCUT2D eigenvalue weighted by Crippen LogP contribution is 2.30.